The van der Waals surface area contributed by atoms with Crippen LogP contribution in [-0.4, -0.2) is 112 Å². The quantitative estimate of drug-likeness (QED) is 0.339. The number of nitrogens with zero attached hydrogens (tertiary/aromatic N) is 4. The van der Waals surface area contributed by atoms with E-state index < -0.39 is 66.7 Å². The number of aliphatic hydroxyl groups is 2. The van der Waals surface area contributed by atoms with Crippen LogP contribution in [0.2, 0.25) is 0 Å². The van der Waals surface area contributed by atoms with Gasteiger partial charge in [0.1, 0.15) is 24.5 Å². The number of likely N-dealkylation sites (N-methyl/N-ethyl adjacent to an activating group) is 2. The minimum Gasteiger partial charge on any atom is -0.388 e. The summed E-state index contributed by atoms with van der Waals surface area (Å²) in [7, 11) is 9.57. The lowest BCUT2D eigenvalue weighted by molar-refractivity contribution is -0.169. The minimum absolute atomic E-state index is 0.279. The van der Waals surface area contributed by atoms with Crippen LogP contribution in [0.4, 0.5) is 11.4 Å². The molecular weight excluding hydrogens is 749 g/mol. The number of nitrogens with one attached hydrogen (secondary N) is 2. The first-order chi connectivity index (χ1) is 24.2. The molecule has 2 aromatic carbocycles. The third-order valence-electron chi connectivity index (χ3n) is 13.2. The highest BCUT2D eigenvalue weighted by molar-refractivity contribution is 9.10. The lowest BCUT2D eigenvalue weighted by atomic mass is 9.52. The highest BCUT2D eigenvalue weighted by Gasteiger charge is 2.93. The summed E-state index contributed by atoms with van der Waals surface area (Å²) in [6.07, 6.45) is -5.33. The molecule has 0 saturated carbocycles. The van der Waals surface area contributed by atoms with Gasteiger partial charge in [-0.3, -0.25) is 29.0 Å². The Balaban J connectivity index is 1.34. The fraction of sp³-hybridized carbons (Fsp3) is 0.529. The van der Waals surface area contributed by atoms with Crippen molar-refractivity contribution >= 4 is 88.0 Å². The fourth-order valence-corrected chi connectivity index (χ4v) is 21.5. The van der Waals surface area contributed by atoms with Gasteiger partial charge in [-0.25, -0.2) is 0 Å². The number of rotatable bonds is 3. The summed E-state index contributed by atoms with van der Waals surface area (Å²) < 4.78 is 0. The average Bonchev–Trinajstić information content (AvgIpc) is 3.70. The van der Waals surface area contributed by atoms with Crippen LogP contribution in [0, 0.1) is 11.8 Å². The van der Waals surface area contributed by atoms with E-state index >= 15 is 14.4 Å². The highest BCUT2D eigenvalue weighted by atomic mass is 33.5. The number of piperazine rings is 2. The standard InChI is InChI=1S/C34H36N6O6S5/c1-15(2)31-27(45)39-23-29(17-11-7-9-13-19(17)35-23,21(41)33(39,48-47-31)25(43)37(31)5)30-18-12-8-10-14-20(18)36-24(30)40-28(46)32(16(3)4)38(6)26(44)34(40,22(30)42)50-51-49-32/h7-16,21-24,35-36,41-42H,1-6H3/t21?,22?,23-,24+,29?,30+,31-,32+,33?,34?/m0/s1. The molecule has 17 heteroatoms. The number of carbonyl (C=O) groups excluding carboxylic acids is 4. The highest BCUT2D eigenvalue weighted by Crippen LogP contribution is 2.79. The Labute approximate surface area is 314 Å². The van der Waals surface area contributed by atoms with E-state index in [1.165, 1.54) is 62.8 Å². The first-order valence-corrected chi connectivity index (χ1v) is 22.6. The van der Waals surface area contributed by atoms with E-state index in [4.69, 9.17) is 0 Å². The Hall–Kier alpha value is -2.41. The predicted octanol–water partition coefficient (Wildman–Crippen LogP) is 3.25. The van der Waals surface area contributed by atoms with E-state index in [1.807, 2.05) is 76.2 Å². The Morgan fingerprint density at radius 3 is 1.47 bits per heavy atom. The molecule has 2 aromatic rings. The van der Waals surface area contributed by atoms with Crippen molar-refractivity contribution in [2.75, 3.05) is 24.7 Å². The summed E-state index contributed by atoms with van der Waals surface area (Å²) in [6, 6.07) is 14.9. The molecule has 0 aromatic heterocycles. The van der Waals surface area contributed by atoms with Crippen LogP contribution in [0.5, 0.6) is 0 Å². The van der Waals surface area contributed by atoms with Gasteiger partial charge in [-0.05, 0) is 77.3 Å². The number of aliphatic hydroxyl groups excluding tert-OH is 2. The second-order valence-corrected chi connectivity index (χ2v) is 22.2. The first kappa shape index (κ1) is 33.2. The van der Waals surface area contributed by atoms with Gasteiger partial charge in [0.25, 0.3) is 23.6 Å². The van der Waals surface area contributed by atoms with Crippen molar-refractivity contribution in [1.82, 2.24) is 19.6 Å². The molecular formula is C34H36N6O6S5. The van der Waals surface area contributed by atoms with E-state index in [9.17, 15) is 15.0 Å². The van der Waals surface area contributed by atoms with Crippen LogP contribution in [0.3, 0.4) is 0 Å². The van der Waals surface area contributed by atoms with Crippen molar-refractivity contribution in [3.05, 3.63) is 59.7 Å². The molecule has 4 bridgehead atoms. The molecule has 10 atom stereocenters. The van der Waals surface area contributed by atoms with Crippen molar-refractivity contribution in [2.45, 2.75) is 82.5 Å². The van der Waals surface area contributed by atoms with Crippen LogP contribution in [0.25, 0.3) is 0 Å². The van der Waals surface area contributed by atoms with Gasteiger partial charge in [-0.1, -0.05) is 74.9 Å². The van der Waals surface area contributed by atoms with E-state index in [-0.39, 0.29) is 23.7 Å². The monoisotopic (exact) mass is 784 g/mol. The smallest absolute Gasteiger partial charge is 0.264 e. The topological polar surface area (TPSA) is 146 Å². The van der Waals surface area contributed by atoms with Gasteiger partial charge in [0.05, 0.1) is 10.8 Å². The number of anilines is 2. The molecule has 10 aliphatic rings. The van der Waals surface area contributed by atoms with Crippen LogP contribution in [0.15, 0.2) is 48.5 Å². The SMILES string of the molecule is CC(C)[C@@]12SSC3(C(=O)N1C)C(O)C1([C@@]45c6ccccc6N[C@@H]4N4C(=O)[C@@]6(C(C)C)SSSC4(C(=O)N6C)C5O)c4ccccc4N[C@H]1N3C2=O. The summed E-state index contributed by atoms with van der Waals surface area (Å²) in [4.78, 5) is 60.7. The van der Waals surface area contributed by atoms with E-state index in [2.05, 4.69) is 10.6 Å². The normalized spacial score (nSPS) is 44.0. The Morgan fingerprint density at radius 1 is 0.608 bits per heavy atom. The van der Waals surface area contributed by atoms with E-state index in [0.717, 1.165) is 0 Å². The Bertz CT molecular complexity index is 2030. The second kappa shape index (κ2) is 9.82. The number of carbonyl (C=O) groups is 4. The van der Waals surface area contributed by atoms with Gasteiger partial charge in [-0.2, -0.15) is 0 Å². The number of fused-ring (bicyclic) bond motifs is 12. The van der Waals surface area contributed by atoms with Crippen molar-refractivity contribution in [1.29, 1.82) is 0 Å². The molecule has 4 amide bonds. The van der Waals surface area contributed by atoms with Gasteiger partial charge >= 0.3 is 0 Å². The van der Waals surface area contributed by atoms with Crippen LogP contribution in [-0.2, 0) is 30.0 Å². The van der Waals surface area contributed by atoms with Crippen LogP contribution >= 0.6 is 53.0 Å². The summed E-state index contributed by atoms with van der Waals surface area (Å²) in [5.41, 5.74) is -0.838. The van der Waals surface area contributed by atoms with Crippen LogP contribution < -0.4 is 10.6 Å². The third kappa shape index (κ3) is 2.93. The lowest BCUT2D eigenvalue weighted by Gasteiger charge is -2.60. The Morgan fingerprint density at radius 2 is 1.02 bits per heavy atom. The molecule has 5 unspecified atom stereocenters. The molecule has 0 radical (unpaired) electrons. The van der Waals surface area contributed by atoms with Crippen molar-refractivity contribution < 1.29 is 29.4 Å². The van der Waals surface area contributed by atoms with Gasteiger partial charge in [-0.15, -0.1) is 0 Å². The zero-order chi connectivity index (χ0) is 36.0. The molecule has 12 rings (SSSR count). The molecule has 268 valence electrons. The van der Waals surface area contributed by atoms with Gasteiger partial charge in [0, 0.05) is 25.5 Å². The maximum atomic E-state index is 15.4. The predicted molar refractivity (Wildman–Crippen MR) is 201 cm³/mol. The largest absolute Gasteiger partial charge is 0.388 e. The molecule has 0 aliphatic carbocycles. The molecule has 51 heavy (non-hydrogen) atoms. The second-order valence-electron chi connectivity index (χ2n) is 15.3. The van der Waals surface area contributed by atoms with Crippen molar-refractivity contribution in [3.8, 4) is 0 Å². The van der Waals surface area contributed by atoms with Gasteiger partial charge in [0.15, 0.2) is 9.74 Å². The first-order valence-electron chi connectivity index (χ1n) is 16.9. The van der Waals surface area contributed by atoms with E-state index in [0.29, 0.717) is 22.5 Å². The molecule has 10 heterocycles. The zero-order valence-electron chi connectivity index (χ0n) is 28.4. The van der Waals surface area contributed by atoms with Crippen molar-refractivity contribution in [3.63, 3.8) is 0 Å². The Kier molecular flexibility index (Phi) is 6.39. The summed E-state index contributed by atoms with van der Waals surface area (Å²) >= 11 is 0. The number of hydrogen-bond donors (Lipinski definition) is 4. The summed E-state index contributed by atoms with van der Waals surface area (Å²) in [6.45, 7) is 7.67. The number of benzene rings is 2. The number of hydrogen-bond acceptors (Lipinski definition) is 13. The molecule has 8 saturated heterocycles. The molecule has 10 aliphatic heterocycles. The van der Waals surface area contributed by atoms with Gasteiger partial charge < -0.3 is 30.6 Å². The van der Waals surface area contributed by atoms with Crippen molar-refractivity contribution in [2.24, 2.45) is 11.8 Å². The number of amides is 4. The van der Waals surface area contributed by atoms with Crippen LogP contribution in [0.1, 0.15) is 38.8 Å². The number of para-hydroxylation sites is 2. The maximum Gasteiger partial charge on any atom is 0.264 e. The fourth-order valence-electron chi connectivity index (χ4n) is 11.0. The van der Waals surface area contributed by atoms with Gasteiger partial charge in [0.2, 0.25) is 9.74 Å². The summed E-state index contributed by atoms with van der Waals surface area (Å²) in [5.74, 6) is -2.02. The molecule has 12 nitrogen and oxygen atoms in total. The summed E-state index contributed by atoms with van der Waals surface area (Å²) in [5, 5.41) is 34.4. The lowest BCUT2D eigenvalue weighted by Crippen LogP contribution is -2.79. The molecule has 4 N–H and O–H groups in total. The molecule has 2 spiro atoms. The minimum atomic E-state index is -1.81. The molecule has 8 fully saturated rings. The third-order valence-corrected chi connectivity index (χ3v) is 22.4. The van der Waals surface area contributed by atoms with E-state index in [1.54, 1.807) is 23.9 Å². The zero-order valence-corrected chi connectivity index (χ0v) is 32.5. The maximum absolute atomic E-state index is 15.4. The average molecular weight is 785 g/mol.